The van der Waals surface area contributed by atoms with Crippen LogP contribution >= 0.6 is 0 Å². The zero-order valence-corrected chi connectivity index (χ0v) is 4.03. The van der Waals surface area contributed by atoms with Crippen molar-refractivity contribution in [3.8, 4) is 0 Å². The molecule has 2 heterocycles. The Morgan fingerprint density at radius 3 is 3.62 bits per heavy atom. The van der Waals surface area contributed by atoms with Crippen molar-refractivity contribution >= 4 is 5.84 Å². The van der Waals surface area contributed by atoms with Gasteiger partial charge in [-0.25, -0.2) is 4.98 Å². The molecule has 0 N–H and O–H groups in total. The molecular weight excluding hydrogens is 104 g/mol. The highest BCUT2D eigenvalue weighted by molar-refractivity contribution is 5.20. The van der Waals surface area contributed by atoms with Crippen LogP contribution in [0.15, 0.2) is 23.1 Å². The minimum Gasteiger partial charge on any atom is -0.431 e. The molecule has 0 aromatic carbocycles. The summed E-state index contributed by atoms with van der Waals surface area (Å²) in [5.41, 5.74) is 0. The fourth-order valence-corrected chi connectivity index (χ4v) is 0.611. The molecule has 0 saturated carbocycles. The van der Waals surface area contributed by atoms with E-state index in [1.54, 1.807) is 16.8 Å². The average Bonchev–Trinajstić information content (AvgIpc) is 2.15. The summed E-state index contributed by atoms with van der Waals surface area (Å²) in [4.78, 5) is 3.84. The van der Waals surface area contributed by atoms with E-state index in [1.807, 2.05) is 0 Å². The van der Waals surface area contributed by atoms with Crippen molar-refractivity contribution in [2.45, 2.75) is 0 Å². The molecule has 8 heavy (non-hydrogen) atoms. The van der Waals surface area contributed by atoms with Crippen LogP contribution in [0.2, 0.25) is 0 Å². The van der Waals surface area contributed by atoms with Gasteiger partial charge in [-0.3, -0.25) is 4.40 Å². The lowest BCUT2D eigenvalue weighted by Crippen LogP contribution is -1.68. The van der Waals surface area contributed by atoms with Gasteiger partial charge in [0, 0.05) is 12.4 Å². The molecule has 0 atom stereocenters. The molecule has 2 rings (SSSR count). The van der Waals surface area contributed by atoms with Crippen LogP contribution in [-0.4, -0.2) is 9.38 Å². The Morgan fingerprint density at radius 1 is 1.75 bits per heavy atom. The molecule has 0 spiro atoms. The molecule has 0 saturated heterocycles. The number of hydrogen-bond acceptors (Lipinski definition) is 2. The lowest BCUT2D eigenvalue weighted by Gasteiger charge is -1.69. The third-order valence-electron chi connectivity index (χ3n) is 0.963. The second-order valence-corrected chi connectivity index (χ2v) is 1.44. The van der Waals surface area contributed by atoms with Gasteiger partial charge in [0.1, 0.15) is 12.5 Å². The van der Waals surface area contributed by atoms with Crippen LogP contribution in [0.25, 0.3) is 5.84 Å². The molecule has 39 valence electrons. The minimum absolute atomic E-state index is 0.588. The van der Waals surface area contributed by atoms with Crippen molar-refractivity contribution in [2.75, 3.05) is 0 Å². The van der Waals surface area contributed by atoms with Gasteiger partial charge in [-0.05, 0) is 0 Å². The fourth-order valence-electron chi connectivity index (χ4n) is 0.611. The van der Waals surface area contributed by atoms with Crippen LogP contribution in [-0.2, 0) is 0 Å². The van der Waals surface area contributed by atoms with Crippen LogP contribution in [0, 0.1) is 6.20 Å². The van der Waals surface area contributed by atoms with Gasteiger partial charge in [0.05, 0.1) is 0 Å². The summed E-state index contributed by atoms with van der Waals surface area (Å²) in [6, 6.07) is 0. The van der Waals surface area contributed by atoms with Crippen LogP contribution in [0.5, 0.6) is 0 Å². The standard InChI is InChI=1S/C5H3N2O/c1-2-7-3-4-8-5(7)6-1/h1-2,4H. The first-order valence-electron chi connectivity index (χ1n) is 2.25. The number of rotatable bonds is 0. The van der Waals surface area contributed by atoms with Gasteiger partial charge >= 0.3 is 5.84 Å². The minimum atomic E-state index is 0.588. The maximum absolute atomic E-state index is 4.85. The zero-order valence-electron chi connectivity index (χ0n) is 4.03. The van der Waals surface area contributed by atoms with E-state index in [0.717, 1.165) is 0 Å². The van der Waals surface area contributed by atoms with Crippen molar-refractivity contribution in [3.05, 3.63) is 24.9 Å². The van der Waals surface area contributed by atoms with Crippen LogP contribution in [0.3, 0.4) is 0 Å². The lowest BCUT2D eigenvalue weighted by atomic mass is 10.9. The number of imidazole rings is 1. The van der Waals surface area contributed by atoms with E-state index >= 15 is 0 Å². The van der Waals surface area contributed by atoms with E-state index in [0.29, 0.717) is 5.84 Å². The van der Waals surface area contributed by atoms with Crippen LogP contribution in [0.1, 0.15) is 0 Å². The predicted molar refractivity (Wildman–Crippen MR) is 26.3 cm³/mol. The van der Waals surface area contributed by atoms with E-state index < -0.39 is 0 Å². The summed E-state index contributed by atoms with van der Waals surface area (Å²) >= 11 is 0. The van der Waals surface area contributed by atoms with E-state index in [4.69, 9.17) is 4.42 Å². The summed E-state index contributed by atoms with van der Waals surface area (Å²) in [5.74, 6) is 0.588. The first-order chi connectivity index (χ1) is 3.97. The molecule has 1 radical (unpaired) electrons. The molecule has 3 nitrogen and oxygen atoms in total. The maximum atomic E-state index is 4.85. The fraction of sp³-hybridized carbons (Fsp3) is 0. The number of hydrogen-bond donors (Lipinski definition) is 0. The number of fused-ring (bicyclic) bond motifs is 1. The summed E-state index contributed by atoms with van der Waals surface area (Å²) in [7, 11) is 0. The van der Waals surface area contributed by atoms with Crippen molar-refractivity contribution in [3.63, 3.8) is 0 Å². The molecule has 0 amide bonds. The largest absolute Gasteiger partial charge is 0.431 e. The third-order valence-corrected chi connectivity index (χ3v) is 0.963. The molecule has 0 bridgehead atoms. The highest BCUT2D eigenvalue weighted by atomic mass is 16.3. The summed E-state index contributed by atoms with van der Waals surface area (Å²) < 4.78 is 6.53. The van der Waals surface area contributed by atoms with E-state index in [9.17, 15) is 0 Å². The van der Waals surface area contributed by atoms with Gasteiger partial charge in [0.2, 0.25) is 0 Å². The van der Waals surface area contributed by atoms with Gasteiger partial charge in [0.15, 0.2) is 0 Å². The van der Waals surface area contributed by atoms with E-state index in [-0.39, 0.29) is 0 Å². The van der Waals surface area contributed by atoms with Crippen LogP contribution < -0.4 is 0 Å². The number of aromatic nitrogens is 2. The number of nitrogens with zero attached hydrogens (tertiary/aromatic N) is 2. The van der Waals surface area contributed by atoms with Gasteiger partial charge in [-0.15, -0.1) is 0 Å². The highest BCUT2D eigenvalue weighted by Gasteiger charge is 1.91. The Balaban J connectivity index is 3.06. The third kappa shape index (κ3) is 0.307. The Bertz CT molecular complexity index is 232. The van der Waals surface area contributed by atoms with Gasteiger partial charge < -0.3 is 4.42 Å². The van der Waals surface area contributed by atoms with Crippen molar-refractivity contribution in [1.29, 1.82) is 0 Å². The molecular formula is C5H3N2O. The summed E-state index contributed by atoms with van der Waals surface area (Å²) in [6.45, 7) is 0. The maximum Gasteiger partial charge on any atom is 0.306 e. The van der Waals surface area contributed by atoms with E-state index in [1.165, 1.54) is 6.26 Å². The molecule has 0 aliphatic rings. The van der Waals surface area contributed by atoms with Gasteiger partial charge in [-0.1, -0.05) is 0 Å². The van der Waals surface area contributed by atoms with Gasteiger partial charge in [0.25, 0.3) is 0 Å². The lowest BCUT2D eigenvalue weighted by molar-refractivity contribution is 0.595. The normalized spacial score (nSPS) is 10.5. The SMILES string of the molecule is [c]1coc2nccn12. The summed E-state index contributed by atoms with van der Waals surface area (Å²) in [5, 5.41) is 0. The Labute approximate surface area is 45.6 Å². The monoisotopic (exact) mass is 107 g/mol. The Morgan fingerprint density at radius 2 is 2.75 bits per heavy atom. The molecule has 0 fully saturated rings. The second kappa shape index (κ2) is 1.12. The Kier molecular flexibility index (Phi) is 0.521. The first kappa shape index (κ1) is 3.72. The number of oxazole rings is 1. The quantitative estimate of drug-likeness (QED) is 0.496. The summed E-state index contributed by atoms with van der Waals surface area (Å²) in [6.07, 6.45) is 7.70. The Hall–Kier alpha value is -1.25. The predicted octanol–water partition coefficient (Wildman–Crippen LogP) is 0.727. The van der Waals surface area contributed by atoms with Crippen molar-refractivity contribution in [1.82, 2.24) is 9.38 Å². The molecule has 0 unspecified atom stereocenters. The molecule has 3 heteroatoms. The molecule has 2 aromatic heterocycles. The average molecular weight is 107 g/mol. The van der Waals surface area contributed by atoms with E-state index in [2.05, 4.69) is 11.2 Å². The smallest absolute Gasteiger partial charge is 0.306 e. The second-order valence-electron chi connectivity index (χ2n) is 1.44. The van der Waals surface area contributed by atoms with Crippen LogP contribution in [0.4, 0.5) is 0 Å². The molecule has 2 aromatic rings. The van der Waals surface area contributed by atoms with Crippen molar-refractivity contribution in [2.24, 2.45) is 0 Å². The molecule has 0 aliphatic heterocycles. The zero-order chi connectivity index (χ0) is 5.40. The van der Waals surface area contributed by atoms with Crippen molar-refractivity contribution < 1.29 is 4.42 Å². The first-order valence-corrected chi connectivity index (χ1v) is 2.25. The molecule has 0 aliphatic carbocycles. The van der Waals surface area contributed by atoms with Gasteiger partial charge in [-0.2, -0.15) is 0 Å². The highest BCUT2D eigenvalue weighted by Crippen LogP contribution is 1.97. The topological polar surface area (TPSA) is 30.4 Å².